The number of rotatable bonds is 6. The van der Waals surface area contributed by atoms with Crippen molar-refractivity contribution < 1.29 is 9.18 Å². The number of nitrogens with one attached hydrogen (secondary N) is 1. The highest BCUT2D eigenvalue weighted by Gasteiger charge is 2.19. The largest absolute Gasteiger partial charge is 0.310 e. The number of hydrogen-bond donors (Lipinski definition) is 1. The summed E-state index contributed by atoms with van der Waals surface area (Å²) in [6.45, 7) is 3.85. The summed E-state index contributed by atoms with van der Waals surface area (Å²) in [6.07, 6.45) is 0. The van der Waals surface area contributed by atoms with E-state index >= 15 is 0 Å². The fraction of sp³-hybridized carbons (Fsp3) is 0.182. The smallest absolute Gasteiger partial charge is 0.235 e. The Morgan fingerprint density at radius 3 is 2.52 bits per heavy atom. The van der Waals surface area contributed by atoms with Gasteiger partial charge in [0.05, 0.1) is 17.0 Å². The van der Waals surface area contributed by atoms with Crippen LogP contribution in [0, 0.1) is 19.7 Å². The van der Waals surface area contributed by atoms with Crippen LogP contribution in [0.25, 0.3) is 17.1 Å². The van der Waals surface area contributed by atoms with Crippen molar-refractivity contribution in [2.45, 2.75) is 19.0 Å². The molecule has 0 saturated heterocycles. The molecule has 1 N–H and O–H groups in total. The van der Waals surface area contributed by atoms with Crippen LogP contribution in [0.5, 0.6) is 0 Å². The molecule has 0 atom stereocenters. The molecule has 0 spiro atoms. The van der Waals surface area contributed by atoms with Crippen LogP contribution in [0.1, 0.15) is 11.3 Å². The molecule has 158 valence electrons. The summed E-state index contributed by atoms with van der Waals surface area (Å²) in [5.74, 6) is 0.538. The van der Waals surface area contributed by atoms with Crippen LogP contribution < -0.4 is 5.32 Å². The zero-order chi connectivity index (χ0) is 22.0. The Morgan fingerprint density at radius 1 is 1.10 bits per heavy atom. The molecular formula is C22H21FN6OS. The van der Waals surface area contributed by atoms with Gasteiger partial charge in [0.1, 0.15) is 11.6 Å². The molecule has 0 aliphatic carbocycles. The van der Waals surface area contributed by atoms with Gasteiger partial charge >= 0.3 is 0 Å². The van der Waals surface area contributed by atoms with Crippen LogP contribution in [0.15, 0.2) is 59.8 Å². The van der Waals surface area contributed by atoms with E-state index in [4.69, 9.17) is 0 Å². The number of aryl methyl sites for hydroxylation is 3. The lowest BCUT2D eigenvalue weighted by Gasteiger charge is -2.11. The summed E-state index contributed by atoms with van der Waals surface area (Å²) in [6, 6.07) is 16.0. The molecule has 2 heterocycles. The maximum Gasteiger partial charge on any atom is 0.235 e. The molecule has 0 saturated carbocycles. The first-order valence-electron chi connectivity index (χ1n) is 9.63. The fourth-order valence-corrected chi connectivity index (χ4v) is 3.90. The van der Waals surface area contributed by atoms with Gasteiger partial charge in [-0.15, -0.1) is 10.2 Å². The summed E-state index contributed by atoms with van der Waals surface area (Å²) < 4.78 is 17.9. The number of aromatic nitrogens is 5. The van der Waals surface area contributed by atoms with E-state index in [-0.39, 0.29) is 17.5 Å². The van der Waals surface area contributed by atoms with Crippen molar-refractivity contribution in [2.24, 2.45) is 7.05 Å². The number of nitrogens with zero attached hydrogens (tertiary/aromatic N) is 5. The zero-order valence-electron chi connectivity index (χ0n) is 17.3. The third kappa shape index (κ3) is 4.51. The highest BCUT2D eigenvalue weighted by Crippen LogP contribution is 2.29. The first-order chi connectivity index (χ1) is 14.9. The number of halogens is 1. The van der Waals surface area contributed by atoms with Crippen molar-refractivity contribution in [1.82, 2.24) is 24.5 Å². The third-order valence-electron chi connectivity index (χ3n) is 4.64. The first-order valence-corrected chi connectivity index (χ1v) is 10.6. The van der Waals surface area contributed by atoms with Crippen molar-refractivity contribution >= 4 is 23.5 Å². The van der Waals surface area contributed by atoms with Gasteiger partial charge in [-0.05, 0) is 38.1 Å². The van der Waals surface area contributed by atoms with Crippen molar-refractivity contribution in [3.05, 3.63) is 71.7 Å². The maximum atomic E-state index is 14.5. The van der Waals surface area contributed by atoms with Crippen LogP contribution in [0.3, 0.4) is 0 Å². The molecule has 2 aromatic heterocycles. The predicted molar refractivity (Wildman–Crippen MR) is 119 cm³/mol. The lowest BCUT2D eigenvalue weighted by Crippen LogP contribution is -2.16. The summed E-state index contributed by atoms with van der Waals surface area (Å²) in [7, 11) is 1.77. The number of carbonyl (C=O) groups excluding carboxylic acids is 1. The second kappa shape index (κ2) is 8.73. The number of amides is 1. The van der Waals surface area contributed by atoms with Crippen LogP contribution in [-0.4, -0.2) is 36.2 Å². The molecule has 1 amide bonds. The van der Waals surface area contributed by atoms with Gasteiger partial charge in [0.2, 0.25) is 5.91 Å². The third-order valence-corrected chi connectivity index (χ3v) is 5.57. The summed E-state index contributed by atoms with van der Waals surface area (Å²) in [5, 5.41) is 16.0. The van der Waals surface area contributed by atoms with E-state index in [2.05, 4.69) is 20.6 Å². The molecule has 0 aliphatic rings. The molecule has 9 heteroatoms. The second-order valence-corrected chi connectivity index (χ2v) is 8.03. The highest BCUT2D eigenvalue weighted by molar-refractivity contribution is 7.99. The highest BCUT2D eigenvalue weighted by atomic mass is 32.2. The van der Waals surface area contributed by atoms with Gasteiger partial charge in [0.25, 0.3) is 0 Å². The van der Waals surface area contributed by atoms with Gasteiger partial charge in [0.15, 0.2) is 11.0 Å². The molecule has 0 aliphatic heterocycles. The minimum absolute atomic E-state index is 0.117. The molecule has 4 aromatic rings. The van der Waals surface area contributed by atoms with E-state index in [9.17, 15) is 9.18 Å². The van der Waals surface area contributed by atoms with Gasteiger partial charge in [-0.2, -0.15) is 5.10 Å². The molecular weight excluding hydrogens is 415 g/mol. The summed E-state index contributed by atoms with van der Waals surface area (Å²) >= 11 is 1.23. The Labute approximate surface area is 183 Å². The average Bonchev–Trinajstić information content (AvgIpc) is 3.30. The van der Waals surface area contributed by atoms with Crippen molar-refractivity contribution in [2.75, 3.05) is 11.1 Å². The molecule has 7 nitrogen and oxygen atoms in total. The number of benzene rings is 2. The molecule has 31 heavy (non-hydrogen) atoms. The quantitative estimate of drug-likeness (QED) is 0.460. The summed E-state index contributed by atoms with van der Waals surface area (Å²) in [5.41, 5.74) is 3.06. The van der Waals surface area contributed by atoms with Gasteiger partial charge in [-0.1, -0.05) is 41.6 Å². The molecule has 4 rings (SSSR count). The van der Waals surface area contributed by atoms with Gasteiger partial charge < -0.3 is 5.32 Å². The average molecular weight is 437 g/mol. The van der Waals surface area contributed by atoms with E-state index in [1.54, 1.807) is 40.6 Å². The Morgan fingerprint density at radius 2 is 1.84 bits per heavy atom. The van der Waals surface area contributed by atoms with E-state index in [0.29, 0.717) is 22.4 Å². The SMILES string of the molecule is Cc1ccc(-n2c(SCC(=O)Nc3cc(C)nn3C)nnc2-c2ccccc2F)cc1. The Hall–Kier alpha value is -3.46. The van der Waals surface area contributed by atoms with Crippen molar-refractivity contribution in [1.29, 1.82) is 0 Å². The normalized spacial score (nSPS) is 11.0. The number of thioether (sulfide) groups is 1. The lowest BCUT2D eigenvalue weighted by molar-refractivity contribution is -0.113. The minimum Gasteiger partial charge on any atom is -0.310 e. The fourth-order valence-electron chi connectivity index (χ4n) is 3.14. The van der Waals surface area contributed by atoms with Gasteiger partial charge in [-0.25, -0.2) is 4.39 Å². The Bertz CT molecular complexity index is 1230. The van der Waals surface area contributed by atoms with E-state index in [1.807, 2.05) is 38.1 Å². The number of anilines is 1. The Balaban J connectivity index is 1.63. The van der Waals surface area contributed by atoms with E-state index in [1.165, 1.54) is 17.8 Å². The topological polar surface area (TPSA) is 77.6 Å². The van der Waals surface area contributed by atoms with E-state index in [0.717, 1.165) is 16.9 Å². The minimum atomic E-state index is -0.385. The zero-order valence-corrected chi connectivity index (χ0v) is 18.2. The van der Waals surface area contributed by atoms with Crippen LogP contribution in [0.4, 0.5) is 10.2 Å². The molecule has 0 fully saturated rings. The molecule has 0 radical (unpaired) electrons. The van der Waals surface area contributed by atoms with Gasteiger partial charge in [-0.3, -0.25) is 14.0 Å². The van der Waals surface area contributed by atoms with Crippen LogP contribution >= 0.6 is 11.8 Å². The molecule has 2 aromatic carbocycles. The number of carbonyl (C=O) groups is 1. The van der Waals surface area contributed by atoms with E-state index < -0.39 is 0 Å². The lowest BCUT2D eigenvalue weighted by atomic mass is 10.2. The van der Waals surface area contributed by atoms with Gasteiger partial charge in [0, 0.05) is 18.8 Å². The molecule has 0 unspecified atom stereocenters. The van der Waals surface area contributed by atoms with Crippen molar-refractivity contribution in [3.63, 3.8) is 0 Å². The number of hydrogen-bond acceptors (Lipinski definition) is 5. The summed E-state index contributed by atoms with van der Waals surface area (Å²) in [4.78, 5) is 12.5. The standard InChI is InChI=1S/C22H21FN6OS/c1-14-8-10-16(11-9-14)29-21(17-6-4-5-7-18(17)23)25-26-22(29)31-13-20(30)24-19-12-15(2)27-28(19)3/h4-12H,13H2,1-3H3,(H,24,30). The van der Waals surface area contributed by atoms with Crippen LogP contribution in [-0.2, 0) is 11.8 Å². The van der Waals surface area contributed by atoms with Crippen molar-refractivity contribution in [3.8, 4) is 17.1 Å². The first kappa shape index (κ1) is 20.8. The molecule has 0 bridgehead atoms. The maximum absolute atomic E-state index is 14.5. The van der Waals surface area contributed by atoms with Crippen LogP contribution in [0.2, 0.25) is 0 Å². The second-order valence-electron chi connectivity index (χ2n) is 7.09. The Kier molecular flexibility index (Phi) is 5.85. The predicted octanol–water partition coefficient (Wildman–Crippen LogP) is 4.15. The monoisotopic (exact) mass is 436 g/mol.